The zero-order chi connectivity index (χ0) is 24.9. The molecule has 0 saturated carbocycles. The molecule has 0 aliphatic rings. The summed E-state index contributed by atoms with van der Waals surface area (Å²) in [6, 6.07) is 16.0. The number of fused-ring (bicyclic) bond motifs is 1. The van der Waals surface area contributed by atoms with Gasteiger partial charge in [-0.2, -0.15) is 9.78 Å². The number of carbonyl (C=O) groups is 1. The molecule has 3 aromatic carbocycles. The molecule has 4 aromatic rings. The van der Waals surface area contributed by atoms with Crippen LogP contribution in [0.25, 0.3) is 10.9 Å². The molecule has 0 fully saturated rings. The lowest BCUT2D eigenvalue weighted by atomic mass is 10.2. The van der Waals surface area contributed by atoms with Gasteiger partial charge in [0, 0.05) is 26.6 Å². The summed E-state index contributed by atoms with van der Waals surface area (Å²) in [7, 11) is 0. The number of ether oxygens (including phenoxy) is 1. The predicted molar refractivity (Wildman–Crippen MR) is 141 cm³/mol. The molecule has 0 aliphatic heterocycles. The van der Waals surface area contributed by atoms with Crippen molar-refractivity contribution in [2.45, 2.75) is 13.3 Å². The van der Waals surface area contributed by atoms with Crippen LogP contribution in [0.1, 0.15) is 18.3 Å². The van der Waals surface area contributed by atoms with Crippen LogP contribution in [0.4, 0.5) is 10.1 Å². The van der Waals surface area contributed by atoms with Gasteiger partial charge in [-0.3, -0.25) is 9.59 Å². The number of benzene rings is 3. The molecule has 0 bridgehead atoms. The Labute approximate surface area is 216 Å². The fraction of sp³-hybridized carbons (Fsp3) is 0.120. The van der Waals surface area contributed by atoms with Crippen molar-refractivity contribution in [3.63, 3.8) is 0 Å². The van der Waals surface area contributed by atoms with Gasteiger partial charge in [-0.15, -0.1) is 0 Å². The molecule has 0 saturated heterocycles. The van der Waals surface area contributed by atoms with Gasteiger partial charge in [-0.1, -0.05) is 38.8 Å². The van der Waals surface area contributed by atoms with E-state index in [1.807, 2.05) is 13.0 Å². The number of nitrogens with zero attached hydrogens (tertiary/aromatic N) is 3. The van der Waals surface area contributed by atoms with E-state index >= 15 is 0 Å². The number of rotatable bonds is 7. The zero-order valence-corrected chi connectivity index (χ0v) is 21.6. The fourth-order valence-corrected chi connectivity index (χ4v) is 4.03. The summed E-state index contributed by atoms with van der Waals surface area (Å²) >= 11 is 6.81. The Morgan fingerprint density at radius 1 is 1.11 bits per heavy atom. The monoisotopic (exact) mass is 600 g/mol. The smallest absolute Gasteiger partial charge is 0.282 e. The fourth-order valence-electron chi connectivity index (χ4n) is 3.29. The third-order valence-electron chi connectivity index (χ3n) is 4.96. The Balaban J connectivity index is 1.59. The number of carbonyl (C=O) groups excluding carboxylic acids is 1. The van der Waals surface area contributed by atoms with E-state index in [1.54, 1.807) is 30.3 Å². The van der Waals surface area contributed by atoms with Gasteiger partial charge in [0.25, 0.3) is 11.5 Å². The molecule has 1 aromatic heterocycles. The van der Waals surface area contributed by atoms with Gasteiger partial charge in [-0.25, -0.2) is 9.37 Å². The van der Waals surface area contributed by atoms with E-state index in [4.69, 9.17) is 4.74 Å². The lowest BCUT2D eigenvalue weighted by Crippen LogP contribution is -2.22. The van der Waals surface area contributed by atoms with Gasteiger partial charge in [0.05, 0.1) is 17.1 Å². The molecule has 4 rings (SSSR count). The molecule has 0 atom stereocenters. The quantitative estimate of drug-likeness (QED) is 0.283. The molecule has 0 radical (unpaired) electrons. The van der Waals surface area contributed by atoms with E-state index in [0.29, 0.717) is 40.1 Å². The highest BCUT2D eigenvalue weighted by atomic mass is 79.9. The Bertz CT molecular complexity index is 1490. The predicted octanol–water partition coefficient (Wildman–Crippen LogP) is 5.52. The first-order chi connectivity index (χ1) is 16.8. The van der Waals surface area contributed by atoms with E-state index in [2.05, 4.69) is 47.3 Å². The van der Waals surface area contributed by atoms with Crippen molar-refractivity contribution >= 4 is 60.6 Å². The second-order valence-corrected chi connectivity index (χ2v) is 9.26. The molecular formula is C25H19Br2FN4O3. The SMILES string of the molecule is CCc1nc2ccc(Br)cc2c(=O)n1N=Cc1cc(Br)ccc1OCC(=O)Nc1ccc(F)cc1. The van der Waals surface area contributed by atoms with Crippen LogP contribution in [0.3, 0.4) is 0 Å². The first-order valence-corrected chi connectivity index (χ1v) is 12.2. The van der Waals surface area contributed by atoms with Crippen LogP contribution in [0, 0.1) is 5.82 Å². The van der Waals surface area contributed by atoms with Crippen molar-refractivity contribution in [1.82, 2.24) is 9.66 Å². The molecule has 35 heavy (non-hydrogen) atoms. The van der Waals surface area contributed by atoms with Gasteiger partial charge < -0.3 is 10.1 Å². The zero-order valence-electron chi connectivity index (χ0n) is 18.5. The van der Waals surface area contributed by atoms with Crippen LogP contribution in [-0.2, 0) is 11.2 Å². The van der Waals surface area contributed by atoms with Gasteiger partial charge in [0.1, 0.15) is 17.4 Å². The standard InChI is InChI=1S/C25H19Br2FN4O3/c1-2-23-31-21-9-3-17(27)12-20(21)25(34)32(23)29-13-15-11-16(26)4-10-22(15)35-14-24(33)30-19-7-5-18(28)6-8-19/h3-13H,2,14H2,1H3,(H,30,33). The largest absolute Gasteiger partial charge is 0.483 e. The summed E-state index contributed by atoms with van der Waals surface area (Å²) in [6.45, 7) is 1.62. The summed E-state index contributed by atoms with van der Waals surface area (Å²) in [5.41, 5.74) is 1.32. The number of hydrogen-bond donors (Lipinski definition) is 1. The summed E-state index contributed by atoms with van der Waals surface area (Å²) in [5, 5.41) is 7.48. The van der Waals surface area contributed by atoms with Gasteiger partial charge in [0.15, 0.2) is 6.61 Å². The number of anilines is 1. The Morgan fingerprint density at radius 3 is 2.57 bits per heavy atom. The third kappa shape index (κ3) is 6.01. The lowest BCUT2D eigenvalue weighted by Gasteiger charge is -2.11. The van der Waals surface area contributed by atoms with Crippen molar-refractivity contribution in [2.24, 2.45) is 5.10 Å². The maximum absolute atomic E-state index is 13.1. The van der Waals surface area contributed by atoms with Gasteiger partial charge in [-0.05, 0) is 60.7 Å². The van der Waals surface area contributed by atoms with Crippen molar-refractivity contribution in [3.05, 3.63) is 97.2 Å². The molecular weight excluding hydrogens is 583 g/mol. The first-order valence-electron chi connectivity index (χ1n) is 10.6. The maximum Gasteiger partial charge on any atom is 0.282 e. The molecule has 1 N–H and O–H groups in total. The molecule has 1 heterocycles. The first kappa shape index (κ1) is 24.7. The summed E-state index contributed by atoms with van der Waals surface area (Å²) in [6.07, 6.45) is 1.99. The second kappa shape index (κ2) is 10.9. The number of aromatic nitrogens is 2. The third-order valence-corrected chi connectivity index (χ3v) is 5.95. The molecule has 0 aliphatic carbocycles. The van der Waals surface area contributed by atoms with E-state index < -0.39 is 11.7 Å². The highest BCUT2D eigenvalue weighted by molar-refractivity contribution is 9.10. The average Bonchev–Trinajstić information content (AvgIpc) is 2.84. The number of halogens is 3. The highest BCUT2D eigenvalue weighted by Gasteiger charge is 2.11. The molecule has 7 nitrogen and oxygen atoms in total. The number of amides is 1. The van der Waals surface area contributed by atoms with Crippen molar-refractivity contribution in [3.8, 4) is 5.75 Å². The van der Waals surface area contributed by atoms with Crippen LogP contribution < -0.4 is 15.6 Å². The molecule has 178 valence electrons. The van der Waals surface area contributed by atoms with Crippen LogP contribution >= 0.6 is 31.9 Å². The van der Waals surface area contributed by atoms with Crippen molar-refractivity contribution < 1.29 is 13.9 Å². The minimum Gasteiger partial charge on any atom is -0.483 e. The number of nitrogens with one attached hydrogen (secondary N) is 1. The molecule has 0 unspecified atom stereocenters. The van der Waals surface area contributed by atoms with Crippen LogP contribution in [-0.4, -0.2) is 28.4 Å². The Kier molecular flexibility index (Phi) is 7.72. The Morgan fingerprint density at radius 2 is 1.83 bits per heavy atom. The minimum absolute atomic E-state index is 0.272. The van der Waals surface area contributed by atoms with E-state index in [9.17, 15) is 14.0 Å². The summed E-state index contributed by atoms with van der Waals surface area (Å²) in [4.78, 5) is 30.0. The molecule has 0 spiro atoms. The molecule has 10 heteroatoms. The summed E-state index contributed by atoms with van der Waals surface area (Å²) in [5.74, 6) is 0.111. The maximum atomic E-state index is 13.1. The van der Waals surface area contributed by atoms with E-state index in [0.717, 1.165) is 8.95 Å². The van der Waals surface area contributed by atoms with Crippen molar-refractivity contribution in [2.75, 3.05) is 11.9 Å². The number of hydrogen-bond acceptors (Lipinski definition) is 5. The van der Waals surface area contributed by atoms with Gasteiger partial charge >= 0.3 is 0 Å². The van der Waals surface area contributed by atoms with E-state index in [-0.39, 0.29) is 12.2 Å². The number of aryl methyl sites for hydroxylation is 1. The minimum atomic E-state index is -0.406. The van der Waals surface area contributed by atoms with Crippen molar-refractivity contribution in [1.29, 1.82) is 0 Å². The van der Waals surface area contributed by atoms with Gasteiger partial charge in [0.2, 0.25) is 0 Å². The van der Waals surface area contributed by atoms with Crippen LogP contribution in [0.15, 0.2) is 79.5 Å². The molecule has 1 amide bonds. The van der Waals surface area contributed by atoms with Crippen LogP contribution in [0.5, 0.6) is 5.75 Å². The van der Waals surface area contributed by atoms with E-state index in [1.165, 1.54) is 35.2 Å². The second-order valence-electron chi connectivity index (χ2n) is 7.43. The summed E-state index contributed by atoms with van der Waals surface area (Å²) < 4.78 is 21.6. The van der Waals surface area contributed by atoms with Crippen LogP contribution in [0.2, 0.25) is 0 Å². The normalized spacial score (nSPS) is 11.2. The highest BCUT2D eigenvalue weighted by Crippen LogP contribution is 2.22. The average molecular weight is 602 g/mol. The lowest BCUT2D eigenvalue weighted by molar-refractivity contribution is -0.118. The topological polar surface area (TPSA) is 85.6 Å². The Hall–Kier alpha value is -3.37.